The Hall–Kier alpha value is -4.06. The smallest absolute Gasteiger partial charge is 0.282 e. The maximum Gasteiger partial charge on any atom is 0.282 e. The van der Waals surface area contributed by atoms with Crippen LogP contribution in [0.5, 0.6) is 11.5 Å². The van der Waals surface area contributed by atoms with Gasteiger partial charge in [0.25, 0.3) is 11.8 Å². The molecular formula is C27H24N2O4. The highest BCUT2D eigenvalue weighted by molar-refractivity contribution is 6.46. The molecule has 0 fully saturated rings. The number of nitrogens with zero attached hydrogens (tertiary/aromatic N) is 2. The van der Waals surface area contributed by atoms with E-state index in [0.29, 0.717) is 40.6 Å². The van der Waals surface area contributed by atoms with Crippen molar-refractivity contribution in [3.63, 3.8) is 0 Å². The highest BCUT2D eigenvalue weighted by Crippen LogP contribution is 2.42. The number of hydrogen-bond donors (Lipinski definition) is 0. The molecule has 0 saturated carbocycles. The number of benzene rings is 3. The predicted molar refractivity (Wildman–Crippen MR) is 128 cm³/mol. The van der Waals surface area contributed by atoms with Crippen molar-refractivity contribution >= 4 is 28.8 Å². The molecule has 166 valence electrons. The topological polar surface area (TPSA) is 59.1 Å². The lowest BCUT2D eigenvalue weighted by Gasteiger charge is -2.32. The van der Waals surface area contributed by atoms with Gasteiger partial charge in [0.05, 0.1) is 25.5 Å². The Morgan fingerprint density at radius 2 is 1.55 bits per heavy atom. The minimum atomic E-state index is -0.379. The molecule has 2 amide bonds. The number of aryl methyl sites for hydroxylation is 1. The van der Waals surface area contributed by atoms with Crippen LogP contribution in [0.25, 0.3) is 5.57 Å². The van der Waals surface area contributed by atoms with E-state index in [-0.39, 0.29) is 11.8 Å². The molecule has 0 radical (unpaired) electrons. The van der Waals surface area contributed by atoms with E-state index < -0.39 is 0 Å². The molecule has 3 aromatic carbocycles. The summed E-state index contributed by atoms with van der Waals surface area (Å²) in [5.74, 6) is 0.201. The molecule has 2 aliphatic heterocycles. The number of anilines is 2. The van der Waals surface area contributed by atoms with Crippen LogP contribution in [-0.4, -0.2) is 32.6 Å². The Balaban J connectivity index is 1.71. The van der Waals surface area contributed by atoms with Gasteiger partial charge in [-0.05, 0) is 42.2 Å². The van der Waals surface area contributed by atoms with E-state index in [4.69, 9.17) is 9.47 Å². The van der Waals surface area contributed by atoms with Crippen molar-refractivity contribution < 1.29 is 19.1 Å². The molecule has 3 aromatic rings. The van der Waals surface area contributed by atoms with Crippen LogP contribution in [0.4, 0.5) is 11.4 Å². The average molecular weight is 440 g/mol. The van der Waals surface area contributed by atoms with Crippen molar-refractivity contribution in [2.75, 3.05) is 30.6 Å². The van der Waals surface area contributed by atoms with Gasteiger partial charge in [-0.1, -0.05) is 48.5 Å². The number of para-hydroxylation sites is 1. The lowest BCUT2D eigenvalue weighted by atomic mass is 9.98. The quantitative estimate of drug-likeness (QED) is 0.549. The van der Waals surface area contributed by atoms with E-state index in [0.717, 1.165) is 18.5 Å². The highest BCUT2D eigenvalue weighted by atomic mass is 16.5. The van der Waals surface area contributed by atoms with Crippen molar-refractivity contribution in [1.29, 1.82) is 0 Å². The Morgan fingerprint density at radius 1 is 0.788 bits per heavy atom. The molecule has 6 heteroatoms. The fourth-order valence-electron chi connectivity index (χ4n) is 4.59. The Labute approximate surface area is 192 Å². The number of carbonyl (C=O) groups is 2. The fourth-order valence-corrected chi connectivity index (χ4v) is 4.59. The van der Waals surface area contributed by atoms with E-state index in [1.165, 1.54) is 17.6 Å². The monoisotopic (exact) mass is 440 g/mol. The lowest BCUT2D eigenvalue weighted by molar-refractivity contribution is -0.120. The second kappa shape index (κ2) is 8.47. The zero-order valence-electron chi connectivity index (χ0n) is 18.6. The largest absolute Gasteiger partial charge is 0.497 e. The van der Waals surface area contributed by atoms with Crippen molar-refractivity contribution in [3.05, 3.63) is 89.6 Å². The Bertz CT molecular complexity index is 1270. The maximum atomic E-state index is 14.0. The van der Waals surface area contributed by atoms with E-state index in [9.17, 15) is 9.59 Å². The van der Waals surface area contributed by atoms with Crippen LogP contribution in [0.2, 0.25) is 0 Å². The molecule has 0 bridgehead atoms. The first-order valence-corrected chi connectivity index (χ1v) is 10.9. The zero-order chi connectivity index (χ0) is 22.9. The number of amides is 2. The summed E-state index contributed by atoms with van der Waals surface area (Å²) in [5.41, 5.74) is 3.98. The van der Waals surface area contributed by atoms with Crippen LogP contribution in [0.1, 0.15) is 17.5 Å². The minimum Gasteiger partial charge on any atom is -0.497 e. The van der Waals surface area contributed by atoms with Gasteiger partial charge in [-0.2, -0.15) is 0 Å². The summed E-state index contributed by atoms with van der Waals surface area (Å²) in [5, 5.41) is 0. The second-order valence-electron chi connectivity index (χ2n) is 7.96. The number of carbonyl (C=O) groups excluding carboxylic acids is 2. The summed E-state index contributed by atoms with van der Waals surface area (Å²) in [6.07, 6.45) is 1.84. The third-order valence-electron chi connectivity index (χ3n) is 6.13. The number of imide groups is 1. The molecule has 0 aromatic heterocycles. The summed E-state index contributed by atoms with van der Waals surface area (Å²) in [4.78, 5) is 31.1. The van der Waals surface area contributed by atoms with Gasteiger partial charge in [0, 0.05) is 18.3 Å². The number of hydrogen-bond acceptors (Lipinski definition) is 5. The lowest BCUT2D eigenvalue weighted by Crippen LogP contribution is -2.37. The molecule has 0 saturated heterocycles. The summed E-state index contributed by atoms with van der Waals surface area (Å²) < 4.78 is 10.9. The van der Waals surface area contributed by atoms with Crippen LogP contribution in [0, 0.1) is 0 Å². The SMILES string of the molecule is COc1ccc(OC)c(N2C(=O)C(c3ccccc3)=C(N3CCCc4ccccc43)C2=O)c1. The van der Waals surface area contributed by atoms with Gasteiger partial charge in [0.2, 0.25) is 0 Å². The van der Waals surface area contributed by atoms with Crippen LogP contribution in [-0.2, 0) is 16.0 Å². The summed E-state index contributed by atoms with van der Waals surface area (Å²) in [6, 6.07) is 22.5. The van der Waals surface area contributed by atoms with Gasteiger partial charge in [-0.25, -0.2) is 4.90 Å². The molecule has 0 spiro atoms. The van der Waals surface area contributed by atoms with Gasteiger partial charge in [0.15, 0.2) is 0 Å². The average Bonchev–Trinajstić information content (AvgIpc) is 3.13. The van der Waals surface area contributed by atoms with E-state index in [2.05, 4.69) is 6.07 Å². The van der Waals surface area contributed by atoms with Gasteiger partial charge >= 0.3 is 0 Å². The van der Waals surface area contributed by atoms with Crippen LogP contribution in [0.15, 0.2) is 78.5 Å². The third kappa shape index (κ3) is 3.44. The van der Waals surface area contributed by atoms with Gasteiger partial charge in [-0.3, -0.25) is 9.59 Å². The summed E-state index contributed by atoms with van der Waals surface area (Å²) >= 11 is 0. The van der Waals surface area contributed by atoms with E-state index in [1.54, 1.807) is 25.3 Å². The first kappa shape index (κ1) is 20.8. The predicted octanol–water partition coefficient (Wildman–Crippen LogP) is 4.44. The molecule has 0 N–H and O–H groups in total. The second-order valence-corrected chi connectivity index (χ2v) is 7.96. The molecule has 0 atom stereocenters. The van der Waals surface area contributed by atoms with Crippen molar-refractivity contribution in [1.82, 2.24) is 0 Å². The first-order valence-electron chi connectivity index (χ1n) is 10.9. The Morgan fingerprint density at radius 3 is 2.30 bits per heavy atom. The van der Waals surface area contributed by atoms with Gasteiger partial charge in [0.1, 0.15) is 17.2 Å². The normalized spacial score (nSPS) is 15.7. The maximum absolute atomic E-state index is 14.0. The number of rotatable bonds is 5. The molecule has 2 heterocycles. The molecule has 6 nitrogen and oxygen atoms in total. The number of ether oxygens (including phenoxy) is 2. The minimum absolute atomic E-state index is 0.362. The number of methoxy groups -OCH3 is 2. The van der Waals surface area contributed by atoms with Gasteiger partial charge in [-0.15, -0.1) is 0 Å². The molecule has 5 rings (SSSR count). The van der Waals surface area contributed by atoms with Gasteiger partial charge < -0.3 is 14.4 Å². The molecular weight excluding hydrogens is 416 g/mol. The number of fused-ring (bicyclic) bond motifs is 1. The first-order chi connectivity index (χ1) is 16.1. The van der Waals surface area contributed by atoms with Crippen LogP contribution >= 0.6 is 0 Å². The fraction of sp³-hybridized carbons (Fsp3) is 0.185. The molecule has 0 aliphatic carbocycles. The van der Waals surface area contributed by atoms with E-state index in [1.807, 2.05) is 53.4 Å². The third-order valence-corrected chi connectivity index (χ3v) is 6.13. The van der Waals surface area contributed by atoms with Crippen LogP contribution < -0.4 is 19.3 Å². The standard InChI is InChI=1S/C27H24N2O4/c1-32-20-14-15-23(33-2)22(17-20)29-26(30)24(19-10-4-3-5-11-19)25(27(29)31)28-16-8-12-18-9-6-7-13-21(18)28/h3-7,9-11,13-15,17H,8,12,16H2,1-2H3. The zero-order valence-corrected chi connectivity index (χ0v) is 18.6. The van der Waals surface area contributed by atoms with Crippen LogP contribution in [0.3, 0.4) is 0 Å². The van der Waals surface area contributed by atoms with Crippen molar-refractivity contribution in [2.24, 2.45) is 0 Å². The molecule has 0 unspecified atom stereocenters. The molecule has 33 heavy (non-hydrogen) atoms. The summed E-state index contributed by atoms with van der Waals surface area (Å²) in [7, 11) is 3.06. The van der Waals surface area contributed by atoms with Crippen molar-refractivity contribution in [3.8, 4) is 11.5 Å². The van der Waals surface area contributed by atoms with E-state index >= 15 is 0 Å². The Kier molecular flexibility index (Phi) is 5.34. The van der Waals surface area contributed by atoms with Crippen molar-refractivity contribution in [2.45, 2.75) is 12.8 Å². The summed E-state index contributed by atoms with van der Waals surface area (Å²) in [6.45, 7) is 0.658. The highest BCUT2D eigenvalue weighted by Gasteiger charge is 2.44. The molecule has 2 aliphatic rings.